The van der Waals surface area contributed by atoms with Crippen molar-refractivity contribution in [2.24, 2.45) is 46.3 Å². The highest BCUT2D eigenvalue weighted by Crippen LogP contribution is 2.66. The molecule has 4 aliphatic carbocycles. The maximum absolute atomic E-state index is 10.5. The number of hydrogen-bond donors (Lipinski definition) is 1. The molecule has 3 saturated carbocycles. The Kier molecular flexibility index (Phi) is 6.04. The fraction of sp³-hybridized carbons (Fsp3) is 0.929. The average molecular weight is 401 g/mol. The van der Waals surface area contributed by atoms with Crippen molar-refractivity contribution in [1.29, 1.82) is 0 Å². The van der Waals surface area contributed by atoms with Crippen molar-refractivity contribution in [2.45, 2.75) is 118 Å². The first-order valence-corrected chi connectivity index (χ1v) is 13.1. The summed E-state index contributed by atoms with van der Waals surface area (Å²) in [5.74, 6) is 4.68. The molecular weight excluding hydrogens is 352 g/mol. The largest absolute Gasteiger partial charge is 0.393 e. The Labute approximate surface area is 181 Å². The van der Waals surface area contributed by atoms with Crippen molar-refractivity contribution in [3.63, 3.8) is 0 Å². The van der Waals surface area contributed by atoms with E-state index >= 15 is 0 Å². The lowest BCUT2D eigenvalue weighted by atomic mass is 9.47. The molecule has 0 aromatic rings. The molecular formula is C28H48O. The van der Waals surface area contributed by atoms with E-state index in [9.17, 15) is 5.11 Å². The predicted molar refractivity (Wildman–Crippen MR) is 124 cm³/mol. The summed E-state index contributed by atoms with van der Waals surface area (Å²) < 4.78 is 0. The summed E-state index contributed by atoms with van der Waals surface area (Å²) in [4.78, 5) is 0. The fourth-order valence-electron chi connectivity index (χ4n) is 8.95. The summed E-state index contributed by atoms with van der Waals surface area (Å²) >= 11 is 0. The van der Waals surface area contributed by atoms with Gasteiger partial charge in [0.15, 0.2) is 0 Å². The van der Waals surface area contributed by atoms with Crippen LogP contribution in [-0.4, -0.2) is 11.2 Å². The van der Waals surface area contributed by atoms with Crippen molar-refractivity contribution in [3.8, 4) is 0 Å². The molecule has 0 spiro atoms. The Morgan fingerprint density at radius 3 is 2.45 bits per heavy atom. The van der Waals surface area contributed by atoms with Gasteiger partial charge in [0.2, 0.25) is 0 Å². The van der Waals surface area contributed by atoms with Crippen LogP contribution in [0.25, 0.3) is 0 Å². The molecule has 0 aliphatic heterocycles. The van der Waals surface area contributed by atoms with Crippen molar-refractivity contribution in [2.75, 3.05) is 0 Å². The number of hydrogen-bond acceptors (Lipinski definition) is 1. The molecule has 166 valence electrons. The quantitative estimate of drug-likeness (QED) is 0.467. The summed E-state index contributed by atoms with van der Waals surface area (Å²) in [7, 11) is 0. The van der Waals surface area contributed by atoms with Crippen LogP contribution in [0, 0.1) is 46.3 Å². The number of allylic oxidation sites excluding steroid dienone is 2. The monoisotopic (exact) mass is 400 g/mol. The topological polar surface area (TPSA) is 20.2 Å². The molecule has 3 fully saturated rings. The van der Waals surface area contributed by atoms with Gasteiger partial charge >= 0.3 is 0 Å². The number of aliphatic hydroxyl groups is 1. The maximum atomic E-state index is 10.5. The van der Waals surface area contributed by atoms with Crippen LogP contribution in [0.5, 0.6) is 0 Å². The van der Waals surface area contributed by atoms with Gasteiger partial charge in [0.05, 0.1) is 6.10 Å². The SMILES string of the molecule is CC(C)CCCC(C)[C@H]1CCC2=C3CC[C@H]4[C@H](C)[C@@H](O)CC[C@]4(C)C3CC[C@@]21C. The second kappa shape index (κ2) is 7.99. The van der Waals surface area contributed by atoms with E-state index in [2.05, 4.69) is 41.5 Å². The first kappa shape index (κ1) is 21.9. The minimum Gasteiger partial charge on any atom is -0.393 e. The van der Waals surface area contributed by atoms with E-state index < -0.39 is 0 Å². The molecule has 4 rings (SSSR count). The van der Waals surface area contributed by atoms with Gasteiger partial charge in [-0.25, -0.2) is 0 Å². The average Bonchev–Trinajstić information content (AvgIpc) is 3.02. The van der Waals surface area contributed by atoms with Crippen molar-refractivity contribution < 1.29 is 5.11 Å². The van der Waals surface area contributed by atoms with Crippen LogP contribution in [-0.2, 0) is 0 Å². The second-order valence-corrected chi connectivity index (χ2v) is 12.6. The number of rotatable bonds is 5. The van der Waals surface area contributed by atoms with E-state index in [-0.39, 0.29) is 6.10 Å². The van der Waals surface area contributed by atoms with Gasteiger partial charge in [-0.3, -0.25) is 0 Å². The molecule has 1 N–H and O–H groups in total. The van der Waals surface area contributed by atoms with Crippen LogP contribution in [0.3, 0.4) is 0 Å². The van der Waals surface area contributed by atoms with Gasteiger partial charge in [0.1, 0.15) is 0 Å². The Morgan fingerprint density at radius 2 is 1.72 bits per heavy atom. The van der Waals surface area contributed by atoms with Crippen LogP contribution >= 0.6 is 0 Å². The Hall–Kier alpha value is -0.300. The zero-order chi connectivity index (χ0) is 21.0. The molecule has 8 atom stereocenters. The molecule has 0 radical (unpaired) electrons. The van der Waals surface area contributed by atoms with E-state index in [1.54, 1.807) is 0 Å². The highest BCUT2D eigenvalue weighted by Gasteiger charge is 2.56. The van der Waals surface area contributed by atoms with Crippen LogP contribution in [0.4, 0.5) is 0 Å². The van der Waals surface area contributed by atoms with Crippen LogP contribution < -0.4 is 0 Å². The molecule has 1 heteroatoms. The van der Waals surface area contributed by atoms with Crippen LogP contribution in [0.15, 0.2) is 11.1 Å². The van der Waals surface area contributed by atoms with Gasteiger partial charge in [-0.1, -0.05) is 72.0 Å². The third kappa shape index (κ3) is 3.56. The smallest absolute Gasteiger partial charge is 0.0568 e. The van der Waals surface area contributed by atoms with Crippen LogP contribution in [0.2, 0.25) is 0 Å². The minimum absolute atomic E-state index is 0.0568. The lowest BCUT2D eigenvalue weighted by molar-refractivity contribution is -0.0779. The lowest BCUT2D eigenvalue weighted by Crippen LogP contribution is -2.51. The van der Waals surface area contributed by atoms with Gasteiger partial charge in [-0.2, -0.15) is 0 Å². The normalized spacial score (nSPS) is 45.7. The predicted octanol–water partition coefficient (Wildman–Crippen LogP) is 7.78. The summed E-state index contributed by atoms with van der Waals surface area (Å²) in [6, 6.07) is 0. The highest BCUT2D eigenvalue weighted by molar-refractivity contribution is 5.35. The molecule has 0 aromatic carbocycles. The zero-order valence-electron chi connectivity index (χ0n) is 20.3. The standard InChI is InChI=1S/C28H48O/c1-18(2)8-7-9-19(3)22-12-13-24-21-10-11-23-20(4)26(29)15-17-28(23,6)25(21)14-16-27(22,24)5/h18-20,22-23,25-26,29H,7-17H2,1-6H3/t19?,20-,22+,23-,25?,26-,27+,28-/m0/s1. The molecule has 0 saturated heterocycles. The van der Waals surface area contributed by atoms with Gasteiger partial charge in [0.25, 0.3) is 0 Å². The van der Waals surface area contributed by atoms with E-state index in [0.29, 0.717) is 16.7 Å². The molecule has 0 bridgehead atoms. The first-order chi connectivity index (χ1) is 13.7. The Bertz CT molecular complexity index is 632. The van der Waals surface area contributed by atoms with E-state index in [1.807, 2.05) is 11.1 Å². The zero-order valence-corrected chi connectivity index (χ0v) is 20.3. The van der Waals surface area contributed by atoms with Gasteiger partial charge < -0.3 is 5.11 Å². The first-order valence-electron chi connectivity index (χ1n) is 13.1. The molecule has 0 amide bonds. The summed E-state index contributed by atoms with van der Waals surface area (Å²) in [5.41, 5.74) is 4.78. The van der Waals surface area contributed by atoms with Gasteiger partial charge in [0, 0.05) is 0 Å². The lowest BCUT2D eigenvalue weighted by Gasteiger charge is -2.58. The molecule has 4 aliphatic rings. The summed E-state index contributed by atoms with van der Waals surface area (Å²) in [6.07, 6.45) is 14.8. The number of aliphatic hydroxyl groups excluding tert-OH is 1. The van der Waals surface area contributed by atoms with E-state index in [1.165, 1.54) is 64.2 Å². The Balaban J connectivity index is 1.55. The fourth-order valence-corrected chi connectivity index (χ4v) is 8.95. The van der Waals surface area contributed by atoms with Gasteiger partial charge in [-0.05, 0) is 97.7 Å². The Morgan fingerprint density at radius 1 is 0.966 bits per heavy atom. The molecule has 0 aromatic heterocycles. The highest BCUT2D eigenvalue weighted by atomic mass is 16.3. The van der Waals surface area contributed by atoms with E-state index in [4.69, 9.17) is 0 Å². The summed E-state index contributed by atoms with van der Waals surface area (Å²) in [5, 5.41) is 10.5. The third-order valence-electron chi connectivity index (χ3n) is 10.7. The van der Waals surface area contributed by atoms with Gasteiger partial charge in [-0.15, -0.1) is 0 Å². The molecule has 29 heavy (non-hydrogen) atoms. The van der Waals surface area contributed by atoms with Crippen molar-refractivity contribution in [1.82, 2.24) is 0 Å². The third-order valence-corrected chi connectivity index (χ3v) is 10.7. The molecule has 1 nitrogen and oxygen atoms in total. The van der Waals surface area contributed by atoms with Crippen molar-refractivity contribution >= 4 is 0 Å². The van der Waals surface area contributed by atoms with Crippen LogP contribution in [0.1, 0.15) is 112 Å². The summed E-state index contributed by atoms with van der Waals surface area (Å²) in [6.45, 7) is 14.9. The molecule has 2 unspecified atom stereocenters. The minimum atomic E-state index is -0.0568. The maximum Gasteiger partial charge on any atom is 0.0568 e. The van der Waals surface area contributed by atoms with E-state index in [0.717, 1.165) is 36.0 Å². The second-order valence-electron chi connectivity index (χ2n) is 12.6. The number of fused-ring (bicyclic) bond motifs is 4. The van der Waals surface area contributed by atoms with Crippen molar-refractivity contribution in [3.05, 3.63) is 11.1 Å². The molecule has 0 heterocycles.